The van der Waals surface area contributed by atoms with E-state index in [0.29, 0.717) is 5.69 Å². The smallest absolute Gasteiger partial charge is 0.339 e. The number of carbonyl (C=O) groups excluding carboxylic acids is 3. The number of ether oxygens (including phenoxy) is 1. The number of hydrogen-bond donors (Lipinski definition) is 0. The number of esters is 1. The van der Waals surface area contributed by atoms with E-state index < -0.39 is 5.97 Å². The minimum atomic E-state index is -0.533. The Kier molecular flexibility index (Phi) is 3.50. The molecule has 1 saturated heterocycles. The molecular formula is C13H14N2O4. The van der Waals surface area contributed by atoms with E-state index in [9.17, 15) is 14.4 Å². The number of anilines is 1. The molecule has 19 heavy (non-hydrogen) atoms. The standard InChI is InChI=1S/C13H14N2O4/c1-14-7-12(17)15(8-11(14)16)10-6-4-3-5-9(10)13(18)19-2/h3-6H,7-8H2,1-2H3. The summed E-state index contributed by atoms with van der Waals surface area (Å²) < 4.78 is 4.68. The molecule has 100 valence electrons. The van der Waals surface area contributed by atoms with Gasteiger partial charge in [-0.3, -0.25) is 9.59 Å². The maximum atomic E-state index is 12.0. The highest BCUT2D eigenvalue weighted by atomic mass is 16.5. The Bertz CT molecular complexity index is 541. The molecule has 0 aliphatic carbocycles. The molecule has 0 unspecified atom stereocenters. The summed E-state index contributed by atoms with van der Waals surface area (Å²) in [6, 6.07) is 6.58. The Balaban J connectivity index is 2.39. The van der Waals surface area contributed by atoms with E-state index in [0.717, 1.165) is 0 Å². The van der Waals surface area contributed by atoms with E-state index in [2.05, 4.69) is 4.74 Å². The number of amides is 2. The summed E-state index contributed by atoms with van der Waals surface area (Å²) in [6.07, 6.45) is 0. The zero-order chi connectivity index (χ0) is 14.0. The minimum Gasteiger partial charge on any atom is -0.465 e. The first-order chi connectivity index (χ1) is 9.04. The highest BCUT2D eigenvalue weighted by Gasteiger charge is 2.30. The zero-order valence-corrected chi connectivity index (χ0v) is 10.8. The number of hydrogen-bond acceptors (Lipinski definition) is 4. The van der Waals surface area contributed by atoms with Crippen LogP contribution in [0.4, 0.5) is 5.69 Å². The van der Waals surface area contributed by atoms with Crippen LogP contribution in [0, 0.1) is 0 Å². The van der Waals surface area contributed by atoms with Crippen molar-refractivity contribution < 1.29 is 19.1 Å². The molecule has 2 rings (SSSR count). The first-order valence-corrected chi connectivity index (χ1v) is 5.76. The highest BCUT2D eigenvalue weighted by Crippen LogP contribution is 2.23. The van der Waals surface area contributed by atoms with Gasteiger partial charge in [0, 0.05) is 7.05 Å². The Hall–Kier alpha value is -2.37. The molecule has 6 heteroatoms. The van der Waals surface area contributed by atoms with Crippen molar-refractivity contribution >= 4 is 23.5 Å². The van der Waals surface area contributed by atoms with Gasteiger partial charge in [0.2, 0.25) is 11.8 Å². The van der Waals surface area contributed by atoms with Crippen molar-refractivity contribution in [2.45, 2.75) is 0 Å². The third-order valence-electron chi connectivity index (χ3n) is 2.99. The van der Waals surface area contributed by atoms with Gasteiger partial charge in [-0.05, 0) is 12.1 Å². The van der Waals surface area contributed by atoms with E-state index in [1.165, 1.54) is 16.9 Å². The van der Waals surface area contributed by atoms with Gasteiger partial charge in [0.15, 0.2) is 0 Å². The van der Waals surface area contributed by atoms with Gasteiger partial charge in [-0.2, -0.15) is 0 Å². The van der Waals surface area contributed by atoms with E-state index in [1.807, 2.05) is 0 Å². The fourth-order valence-corrected chi connectivity index (χ4v) is 1.93. The number of para-hydroxylation sites is 1. The number of piperazine rings is 1. The second-order valence-electron chi connectivity index (χ2n) is 4.24. The molecular weight excluding hydrogens is 248 g/mol. The molecule has 0 aromatic heterocycles. The second-order valence-corrected chi connectivity index (χ2v) is 4.24. The summed E-state index contributed by atoms with van der Waals surface area (Å²) in [5.74, 6) is -0.924. The number of rotatable bonds is 2. The van der Waals surface area contributed by atoms with Gasteiger partial charge in [-0.1, -0.05) is 12.1 Å². The van der Waals surface area contributed by atoms with Crippen molar-refractivity contribution in [2.24, 2.45) is 0 Å². The molecule has 0 saturated carbocycles. The lowest BCUT2D eigenvalue weighted by molar-refractivity contribution is -0.136. The summed E-state index contributed by atoms with van der Waals surface area (Å²) in [7, 11) is 2.85. The lowest BCUT2D eigenvalue weighted by Crippen LogP contribution is -2.52. The van der Waals surface area contributed by atoms with E-state index in [-0.39, 0.29) is 30.5 Å². The summed E-state index contributed by atoms with van der Waals surface area (Å²) in [4.78, 5) is 38.0. The fraction of sp³-hybridized carbons (Fsp3) is 0.308. The quantitative estimate of drug-likeness (QED) is 0.718. The van der Waals surface area contributed by atoms with E-state index in [4.69, 9.17) is 0 Å². The van der Waals surface area contributed by atoms with Crippen LogP contribution in [0.3, 0.4) is 0 Å². The van der Waals surface area contributed by atoms with Crippen LogP contribution >= 0.6 is 0 Å². The lowest BCUT2D eigenvalue weighted by atomic mass is 10.1. The number of benzene rings is 1. The van der Waals surface area contributed by atoms with Crippen LogP contribution in [0.5, 0.6) is 0 Å². The molecule has 0 spiro atoms. The Morgan fingerprint density at radius 2 is 1.84 bits per heavy atom. The van der Waals surface area contributed by atoms with Gasteiger partial charge >= 0.3 is 5.97 Å². The summed E-state index contributed by atoms with van der Waals surface area (Å²) in [6.45, 7) is -0.0579. The van der Waals surface area contributed by atoms with Crippen LogP contribution in [0.1, 0.15) is 10.4 Å². The molecule has 1 fully saturated rings. The lowest BCUT2D eigenvalue weighted by Gasteiger charge is -2.32. The SMILES string of the molecule is COC(=O)c1ccccc1N1CC(=O)N(C)CC1=O. The van der Waals surface area contributed by atoms with Crippen LogP contribution in [-0.2, 0) is 14.3 Å². The summed E-state index contributed by atoms with van der Waals surface area (Å²) in [5, 5.41) is 0. The van der Waals surface area contributed by atoms with Crippen molar-refractivity contribution in [3.63, 3.8) is 0 Å². The molecule has 6 nitrogen and oxygen atoms in total. The van der Waals surface area contributed by atoms with Gasteiger partial charge in [0.1, 0.15) is 6.54 Å². The highest BCUT2D eigenvalue weighted by molar-refractivity contribution is 6.08. The number of likely N-dealkylation sites (N-methyl/N-ethyl adjacent to an activating group) is 1. The Morgan fingerprint density at radius 3 is 2.53 bits per heavy atom. The Labute approximate surface area is 110 Å². The van der Waals surface area contributed by atoms with Gasteiger partial charge in [-0.25, -0.2) is 4.79 Å². The molecule has 0 atom stereocenters. The van der Waals surface area contributed by atoms with Crippen molar-refractivity contribution in [3.8, 4) is 0 Å². The van der Waals surface area contributed by atoms with Gasteiger partial charge < -0.3 is 14.5 Å². The van der Waals surface area contributed by atoms with Gasteiger partial charge in [0.25, 0.3) is 0 Å². The van der Waals surface area contributed by atoms with Crippen LogP contribution in [-0.4, -0.2) is 49.9 Å². The van der Waals surface area contributed by atoms with Crippen LogP contribution < -0.4 is 4.90 Å². The van der Waals surface area contributed by atoms with Gasteiger partial charge in [0.05, 0.1) is 24.9 Å². The molecule has 2 amide bonds. The first kappa shape index (κ1) is 13.1. The maximum absolute atomic E-state index is 12.0. The van der Waals surface area contributed by atoms with Crippen LogP contribution in [0.25, 0.3) is 0 Å². The number of methoxy groups -OCH3 is 1. The van der Waals surface area contributed by atoms with Crippen molar-refractivity contribution in [2.75, 3.05) is 32.1 Å². The normalized spacial score (nSPS) is 15.7. The van der Waals surface area contributed by atoms with Gasteiger partial charge in [-0.15, -0.1) is 0 Å². The predicted molar refractivity (Wildman–Crippen MR) is 67.8 cm³/mol. The maximum Gasteiger partial charge on any atom is 0.339 e. The molecule has 1 aliphatic rings. The minimum absolute atomic E-state index is 0.00827. The fourth-order valence-electron chi connectivity index (χ4n) is 1.93. The molecule has 1 heterocycles. The average molecular weight is 262 g/mol. The average Bonchev–Trinajstić information content (AvgIpc) is 2.42. The van der Waals surface area contributed by atoms with Crippen LogP contribution in [0.2, 0.25) is 0 Å². The molecule has 0 bridgehead atoms. The predicted octanol–water partition coefficient (Wildman–Crippen LogP) is 0.278. The molecule has 1 aliphatic heterocycles. The Morgan fingerprint density at radius 1 is 1.16 bits per heavy atom. The number of nitrogens with zero attached hydrogens (tertiary/aromatic N) is 2. The molecule has 0 N–H and O–H groups in total. The second kappa shape index (κ2) is 5.09. The topological polar surface area (TPSA) is 66.9 Å². The summed E-state index contributed by atoms with van der Waals surface area (Å²) in [5.41, 5.74) is 0.677. The molecule has 0 radical (unpaired) electrons. The largest absolute Gasteiger partial charge is 0.465 e. The monoisotopic (exact) mass is 262 g/mol. The van der Waals surface area contributed by atoms with Crippen LogP contribution in [0.15, 0.2) is 24.3 Å². The number of carbonyl (C=O) groups is 3. The summed E-state index contributed by atoms with van der Waals surface area (Å²) >= 11 is 0. The van der Waals surface area contributed by atoms with Crippen molar-refractivity contribution in [3.05, 3.63) is 29.8 Å². The molecule has 1 aromatic rings. The van der Waals surface area contributed by atoms with E-state index >= 15 is 0 Å². The zero-order valence-electron chi connectivity index (χ0n) is 10.8. The van der Waals surface area contributed by atoms with Crippen molar-refractivity contribution in [1.82, 2.24) is 4.90 Å². The molecule has 1 aromatic carbocycles. The third kappa shape index (κ3) is 2.42. The third-order valence-corrected chi connectivity index (χ3v) is 2.99. The first-order valence-electron chi connectivity index (χ1n) is 5.76. The van der Waals surface area contributed by atoms with E-state index in [1.54, 1.807) is 31.3 Å². The van der Waals surface area contributed by atoms with Crippen molar-refractivity contribution in [1.29, 1.82) is 0 Å².